The summed E-state index contributed by atoms with van der Waals surface area (Å²) < 4.78 is 5.88. The van der Waals surface area contributed by atoms with Crippen LogP contribution in [0.5, 0.6) is 11.5 Å². The molecular formula is C20H19N3O2. The van der Waals surface area contributed by atoms with Gasteiger partial charge in [0, 0.05) is 12.6 Å². The van der Waals surface area contributed by atoms with Crippen LogP contribution < -0.4 is 15.8 Å². The minimum atomic E-state index is -0.0203. The lowest BCUT2D eigenvalue weighted by Gasteiger charge is -2.09. The number of hydrogen-bond acceptors (Lipinski definition) is 3. The van der Waals surface area contributed by atoms with Crippen LogP contribution in [0.4, 0.5) is 0 Å². The van der Waals surface area contributed by atoms with Crippen LogP contribution >= 0.6 is 0 Å². The Balaban J connectivity index is 1.77. The first kappa shape index (κ1) is 16.5. The molecule has 0 bridgehead atoms. The Labute approximate surface area is 145 Å². The second-order valence-corrected chi connectivity index (χ2v) is 5.73. The molecule has 0 unspecified atom stereocenters. The number of ether oxygens (including phenoxy) is 1. The number of nitrogen functional groups attached to an aromatic ring is 1. The number of nitrogens with one attached hydrogen (secondary N) is 2. The van der Waals surface area contributed by atoms with Gasteiger partial charge in [-0.15, -0.1) is 0 Å². The molecule has 0 aliphatic rings. The first-order chi connectivity index (χ1) is 12.0. The molecule has 5 nitrogen and oxygen atoms in total. The maximum atomic E-state index is 11.4. The summed E-state index contributed by atoms with van der Waals surface area (Å²) in [5.41, 5.74) is 7.16. The van der Waals surface area contributed by atoms with Gasteiger partial charge in [-0.2, -0.15) is 0 Å². The summed E-state index contributed by atoms with van der Waals surface area (Å²) in [6, 6.07) is 18.8. The third kappa shape index (κ3) is 3.95. The van der Waals surface area contributed by atoms with Crippen LogP contribution in [0.2, 0.25) is 0 Å². The van der Waals surface area contributed by atoms with Crippen LogP contribution in [-0.2, 0) is 11.2 Å². The van der Waals surface area contributed by atoms with E-state index in [-0.39, 0.29) is 11.7 Å². The third-order valence-electron chi connectivity index (χ3n) is 3.93. The smallest absolute Gasteiger partial charge is 0.224 e. The Morgan fingerprint density at radius 2 is 1.64 bits per heavy atom. The van der Waals surface area contributed by atoms with Crippen molar-refractivity contribution < 1.29 is 9.53 Å². The summed E-state index contributed by atoms with van der Waals surface area (Å²) in [5, 5.41) is 12.1. The van der Waals surface area contributed by atoms with E-state index >= 15 is 0 Å². The summed E-state index contributed by atoms with van der Waals surface area (Å²) in [6.07, 6.45) is 0.352. The fourth-order valence-corrected chi connectivity index (χ4v) is 2.54. The summed E-state index contributed by atoms with van der Waals surface area (Å²) in [4.78, 5) is 11.4. The van der Waals surface area contributed by atoms with E-state index in [9.17, 15) is 4.79 Å². The van der Waals surface area contributed by atoms with Gasteiger partial charge < -0.3 is 15.8 Å². The van der Waals surface area contributed by atoms with E-state index in [1.54, 1.807) is 7.05 Å². The zero-order valence-electron chi connectivity index (χ0n) is 13.9. The number of carbonyl (C=O) groups is 1. The van der Waals surface area contributed by atoms with E-state index < -0.39 is 0 Å². The van der Waals surface area contributed by atoms with Gasteiger partial charge in [0.15, 0.2) is 0 Å². The molecule has 0 atom stereocenters. The second-order valence-electron chi connectivity index (χ2n) is 5.73. The highest BCUT2D eigenvalue weighted by Crippen LogP contribution is 2.26. The van der Waals surface area contributed by atoms with E-state index in [0.717, 1.165) is 22.1 Å². The van der Waals surface area contributed by atoms with Gasteiger partial charge in [0.1, 0.15) is 17.3 Å². The highest BCUT2D eigenvalue weighted by Gasteiger charge is 2.04. The maximum Gasteiger partial charge on any atom is 0.224 e. The van der Waals surface area contributed by atoms with Gasteiger partial charge in [0.05, 0.1) is 6.42 Å². The number of carbonyl (C=O) groups excluding carboxylic acids is 1. The molecule has 0 aliphatic heterocycles. The Morgan fingerprint density at radius 3 is 2.32 bits per heavy atom. The van der Waals surface area contributed by atoms with Crippen molar-refractivity contribution in [1.82, 2.24) is 5.32 Å². The molecule has 0 aliphatic carbocycles. The number of hydrogen-bond donors (Lipinski definition) is 3. The van der Waals surface area contributed by atoms with Crippen molar-refractivity contribution in [3.8, 4) is 11.5 Å². The number of likely N-dealkylation sites (N-methyl/N-ethyl adjacent to an activating group) is 1. The predicted octanol–water partition coefficient (Wildman–Crippen LogP) is 3.20. The average Bonchev–Trinajstić information content (AvgIpc) is 2.62. The fourth-order valence-electron chi connectivity index (χ4n) is 2.54. The molecule has 5 heteroatoms. The van der Waals surface area contributed by atoms with Gasteiger partial charge in [-0.25, -0.2) is 0 Å². The molecule has 4 N–H and O–H groups in total. The van der Waals surface area contributed by atoms with Crippen molar-refractivity contribution in [2.45, 2.75) is 6.42 Å². The first-order valence-electron chi connectivity index (χ1n) is 7.91. The number of fused-ring (bicyclic) bond motifs is 1. The van der Waals surface area contributed by atoms with Crippen molar-refractivity contribution in [2.75, 3.05) is 7.05 Å². The molecule has 3 aromatic carbocycles. The number of amides is 1. The highest BCUT2D eigenvalue weighted by molar-refractivity contribution is 5.99. The van der Waals surface area contributed by atoms with Crippen molar-refractivity contribution in [2.24, 2.45) is 5.73 Å². The van der Waals surface area contributed by atoms with Crippen LogP contribution in [-0.4, -0.2) is 18.8 Å². The van der Waals surface area contributed by atoms with Crippen LogP contribution in [0.25, 0.3) is 10.8 Å². The standard InChI is InChI=1S/C20H19N3O2/c1-23-19(24)10-13-2-7-17(8-3-13)25-18-9-6-14-11-16(20(21)22)5-4-15(14)12-18/h2-9,11-12H,10H2,1H3,(H3,21,22)(H,23,24). The van der Waals surface area contributed by atoms with Crippen LogP contribution in [0.3, 0.4) is 0 Å². The molecule has 0 spiro atoms. The van der Waals surface area contributed by atoms with Gasteiger partial charge in [0.2, 0.25) is 5.91 Å². The van der Waals surface area contributed by atoms with Crippen LogP contribution in [0, 0.1) is 5.41 Å². The average molecular weight is 333 g/mol. The Bertz CT molecular complexity index is 933. The number of rotatable bonds is 5. The fraction of sp³-hybridized carbons (Fsp3) is 0.100. The summed E-state index contributed by atoms with van der Waals surface area (Å²) in [5.74, 6) is 1.47. The van der Waals surface area contributed by atoms with Gasteiger partial charge >= 0.3 is 0 Å². The summed E-state index contributed by atoms with van der Waals surface area (Å²) >= 11 is 0. The van der Waals surface area contributed by atoms with E-state index in [1.807, 2.05) is 60.7 Å². The molecule has 0 aromatic heterocycles. The molecule has 0 heterocycles. The SMILES string of the molecule is CNC(=O)Cc1ccc(Oc2ccc3cc(C(=N)N)ccc3c2)cc1. The van der Waals surface area contributed by atoms with E-state index in [4.69, 9.17) is 15.9 Å². The monoisotopic (exact) mass is 333 g/mol. The van der Waals surface area contributed by atoms with Gasteiger partial charge in [0.25, 0.3) is 0 Å². The molecule has 0 radical (unpaired) electrons. The summed E-state index contributed by atoms with van der Waals surface area (Å²) in [7, 11) is 1.62. The van der Waals surface area contributed by atoms with Crippen LogP contribution in [0.1, 0.15) is 11.1 Å². The molecule has 0 saturated carbocycles. The normalized spacial score (nSPS) is 10.4. The number of nitrogens with two attached hydrogens (primary N) is 1. The van der Waals surface area contributed by atoms with Crippen LogP contribution in [0.15, 0.2) is 60.7 Å². The zero-order chi connectivity index (χ0) is 17.8. The number of benzene rings is 3. The first-order valence-corrected chi connectivity index (χ1v) is 7.91. The van der Waals surface area contributed by atoms with E-state index in [1.165, 1.54) is 0 Å². The van der Waals surface area contributed by atoms with E-state index in [2.05, 4.69) is 5.32 Å². The summed E-state index contributed by atoms with van der Waals surface area (Å²) in [6.45, 7) is 0. The number of amidine groups is 1. The lowest BCUT2D eigenvalue weighted by Crippen LogP contribution is -2.19. The van der Waals surface area contributed by atoms with Crippen molar-refractivity contribution >= 4 is 22.5 Å². The molecule has 0 fully saturated rings. The maximum absolute atomic E-state index is 11.4. The minimum absolute atomic E-state index is 0.0203. The van der Waals surface area contributed by atoms with Crippen molar-refractivity contribution in [1.29, 1.82) is 5.41 Å². The molecule has 3 rings (SSSR count). The molecule has 1 amide bonds. The molecule has 0 saturated heterocycles. The largest absolute Gasteiger partial charge is 0.457 e. The van der Waals surface area contributed by atoms with Gasteiger partial charge in [-0.05, 0) is 46.7 Å². The topological polar surface area (TPSA) is 88.2 Å². The molecule has 126 valence electrons. The Hall–Kier alpha value is -3.34. The Morgan fingerprint density at radius 1 is 1.00 bits per heavy atom. The highest BCUT2D eigenvalue weighted by atomic mass is 16.5. The third-order valence-corrected chi connectivity index (χ3v) is 3.93. The zero-order valence-corrected chi connectivity index (χ0v) is 13.9. The lowest BCUT2D eigenvalue weighted by atomic mass is 10.1. The molecule has 25 heavy (non-hydrogen) atoms. The quantitative estimate of drug-likeness (QED) is 0.495. The van der Waals surface area contributed by atoms with E-state index in [0.29, 0.717) is 17.7 Å². The predicted molar refractivity (Wildman–Crippen MR) is 99.3 cm³/mol. The van der Waals surface area contributed by atoms with Gasteiger partial charge in [-0.3, -0.25) is 10.2 Å². The van der Waals surface area contributed by atoms with Gasteiger partial charge in [-0.1, -0.05) is 30.3 Å². The second kappa shape index (κ2) is 7.05. The molecule has 3 aromatic rings. The minimum Gasteiger partial charge on any atom is -0.457 e. The molecular weight excluding hydrogens is 314 g/mol. The van der Waals surface area contributed by atoms with Crippen molar-refractivity contribution in [3.05, 3.63) is 71.8 Å². The Kier molecular flexibility index (Phi) is 4.66. The van der Waals surface area contributed by atoms with Crippen molar-refractivity contribution in [3.63, 3.8) is 0 Å². The lowest BCUT2D eigenvalue weighted by molar-refractivity contribution is -0.119.